The lowest BCUT2D eigenvalue weighted by atomic mass is 10.1. The minimum absolute atomic E-state index is 0.129. The summed E-state index contributed by atoms with van der Waals surface area (Å²) in [5, 5.41) is 2.76. The smallest absolute Gasteiger partial charge is 0.320 e. The molecule has 1 saturated heterocycles. The van der Waals surface area contributed by atoms with E-state index in [1.54, 1.807) is 0 Å². The third-order valence-electron chi connectivity index (χ3n) is 4.95. The number of nitrogens with two attached hydrogens (primary N) is 1. The maximum atomic E-state index is 12.1. The number of nitrogens with zero attached hydrogens (tertiary/aromatic N) is 4. The molecule has 2 aliphatic rings. The Bertz CT molecular complexity index is 850. The zero-order valence-electron chi connectivity index (χ0n) is 15.4. The van der Waals surface area contributed by atoms with E-state index in [1.165, 1.54) is 38.6 Å². The summed E-state index contributed by atoms with van der Waals surface area (Å²) in [4.78, 5) is 25.0. The van der Waals surface area contributed by atoms with Crippen molar-refractivity contribution in [2.75, 3.05) is 42.7 Å². The standard InChI is InChI=1S/C19H24N6O2/c1-27-19-22-17(20)16-18(23-19)25(12-15(26)21-16)11-14-6-4-5-13(9-14)10-24-7-2-3-8-24/h4-6,9H,2-3,7-8,10-12H2,1H3,(H,21,26)(H2,20,22,23). The van der Waals surface area contributed by atoms with E-state index in [2.05, 4.69) is 44.5 Å². The Morgan fingerprint density at radius 2 is 1.93 bits per heavy atom. The number of ether oxygens (including phenoxy) is 1. The van der Waals surface area contributed by atoms with Crippen molar-refractivity contribution in [1.29, 1.82) is 0 Å². The van der Waals surface area contributed by atoms with Gasteiger partial charge in [-0.3, -0.25) is 9.69 Å². The Balaban J connectivity index is 1.58. The first-order valence-electron chi connectivity index (χ1n) is 9.19. The number of methoxy groups -OCH3 is 1. The second kappa shape index (κ2) is 7.40. The monoisotopic (exact) mass is 368 g/mol. The first kappa shape index (κ1) is 17.5. The third-order valence-corrected chi connectivity index (χ3v) is 4.95. The molecule has 1 aromatic carbocycles. The van der Waals surface area contributed by atoms with Gasteiger partial charge in [-0.2, -0.15) is 9.97 Å². The van der Waals surface area contributed by atoms with Crippen LogP contribution in [0, 0.1) is 0 Å². The lowest BCUT2D eigenvalue weighted by Crippen LogP contribution is -2.39. The first-order chi connectivity index (χ1) is 13.1. The van der Waals surface area contributed by atoms with Crippen molar-refractivity contribution in [3.05, 3.63) is 35.4 Å². The second-order valence-electron chi connectivity index (χ2n) is 7.00. The van der Waals surface area contributed by atoms with E-state index in [0.717, 1.165) is 12.1 Å². The minimum Gasteiger partial charge on any atom is -0.467 e. The third kappa shape index (κ3) is 3.80. The number of aromatic nitrogens is 2. The van der Waals surface area contributed by atoms with Crippen LogP contribution in [0.15, 0.2) is 24.3 Å². The van der Waals surface area contributed by atoms with Gasteiger partial charge in [-0.15, -0.1) is 0 Å². The lowest BCUT2D eigenvalue weighted by Gasteiger charge is -2.30. The maximum Gasteiger partial charge on any atom is 0.320 e. The van der Waals surface area contributed by atoms with Gasteiger partial charge in [-0.05, 0) is 37.1 Å². The van der Waals surface area contributed by atoms with Gasteiger partial charge in [0.2, 0.25) is 5.91 Å². The second-order valence-corrected chi connectivity index (χ2v) is 7.00. The number of hydrogen-bond donors (Lipinski definition) is 2. The van der Waals surface area contributed by atoms with E-state index < -0.39 is 0 Å². The van der Waals surface area contributed by atoms with Crippen LogP contribution in [-0.4, -0.2) is 47.5 Å². The van der Waals surface area contributed by atoms with Crippen molar-refractivity contribution in [1.82, 2.24) is 14.9 Å². The number of fused-ring (bicyclic) bond motifs is 1. The number of carbonyl (C=O) groups is 1. The molecule has 0 radical (unpaired) electrons. The average Bonchev–Trinajstić information content (AvgIpc) is 3.15. The number of likely N-dealkylation sites (tertiary alicyclic amines) is 1. The number of nitrogens with one attached hydrogen (secondary N) is 1. The van der Waals surface area contributed by atoms with Crippen LogP contribution in [0.3, 0.4) is 0 Å². The summed E-state index contributed by atoms with van der Waals surface area (Å²) in [6, 6.07) is 8.69. The Kier molecular flexibility index (Phi) is 4.81. The fraction of sp³-hybridized carbons (Fsp3) is 0.421. The van der Waals surface area contributed by atoms with Gasteiger partial charge in [-0.1, -0.05) is 24.3 Å². The summed E-state index contributed by atoms with van der Waals surface area (Å²) in [7, 11) is 1.49. The molecule has 2 aromatic rings. The highest BCUT2D eigenvalue weighted by Crippen LogP contribution is 2.34. The van der Waals surface area contributed by atoms with Gasteiger partial charge in [0.05, 0.1) is 13.7 Å². The fourth-order valence-corrected chi connectivity index (χ4v) is 3.69. The van der Waals surface area contributed by atoms with Crippen LogP contribution in [0.1, 0.15) is 24.0 Å². The molecular formula is C19H24N6O2. The van der Waals surface area contributed by atoms with Gasteiger partial charge in [0.15, 0.2) is 11.6 Å². The number of hydrogen-bond acceptors (Lipinski definition) is 7. The van der Waals surface area contributed by atoms with Crippen LogP contribution in [-0.2, 0) is 17.9 Å². The summed E-state index contributed by atoms with van der Waals surface area (Å²) in [5.41, 5.74) is 8.83. The molecule has 0 atom stereocenters. The molecule has 1 fully saturated rings. The zero-order valence-corrected chi connectivity index (χ0v) is 15.4. The first-order valence-corrected chi connectivity index (χ1v) is 9.19. The Morgan fingerprint density at radius 3 is 2.67 bits per heavy atom. The van der Waals surface area contributed by atoms with Gasteiger partial charge in [0.1, 0.15) is 5.69 Å². The van der Waals surface area contributed by atoms with Crippen LogP contribution in [0.4, 0.5) is 17.3 Å². The van der Waals surface area contributed by atoms with Crippen LogP contribution in [0.5, 0.6) is 6.01 Å². The molecule has 0 aliphatic carbocycles. The normalized spacial score (nSPS) is 16.9. The molecule has 8 nitrogen and oxygen atoms in total. The van der Waals surface area contributed by atoms with Crippen molar-refractivity contribution >= 4 is 23.2 Å². The summed E-state index contributed by atoms with van der Waals surface area (Å²) in [6.45, 7) is 4.07. The highest BCUT2D eigenvalue weighted by atomic mass is 16.5. The van der Waals surface area contributed by atoms with E-state index in [4.69, 9.17) is 10.5 Å². The maximum absolute atomic E-state index is 12.1. The van der Waals surface area contributed by atoms with Gasteiger partial charge in [-0.25, -0.2) is 0 Å². The molecule has 1 amide bonds. The molecule has 0 saturated carbocycles. The van der Waals surface area contributed by atoms with E-state index in [-0.39, 0.29) is 24.3 Å². The molecule has 1 aromatic heterocycles. The number of carbonyl (C=O) groups excluding carboxylic acids is 1. The summed E-state index contributed by atoms with van der Waals surface area (Å²) in [5.74, 6) is 0.665. The Hall–Kier alpha value is -2.87. The van der Waals surface area contributed by atoms with Gasteiger partial charge in [0.25, 0.3) is 0 Å². The van der Waals surface area contributed by atoms with Crippen molar-refractivity contribution in [2.24, 2.45) is 0 Å². The quantitative estimate of drug-likeness (QED) is 0.828. The van der Waals surface area contributed by atoms with Gasteiger partial charge in [0, 0.05) is 13.1 Å². The van der Waals surface area contributed by atoms with Crippen molar-refractivity contribution in [3.63, 3.8) is 0 Å². The summed E-state index contributed by atoms with van der Waals surface area (Å²) >= 11 is 0. The van der Waals surface area contributed by atoms with Crippen LogP contribution in [0.2, 0.25) is 0 Å². The summed E-state index contributed by atoms with van der Waals surface area (Å²) < 4.78 is 5.13. The molecule has 3 heterocycles. The van der Waals surface area contributed by atoms with E-state index in [1.807, 2.05) is 4.90 Å². The predicted octanol–water partition coefficient (Wildman–Crippen LogP) is 1.62. The SMILES string of the molecule is COc1nc(N)c2c(n1)N(Cc1cccc(CN3CCCC3)c1)CC(=O)N2. The lowest BCUT2D eigenvalue weighted by molar-refractivity contribution is -0.115. The highest BCUT2D eigenvalue weighted by Gasteiger charge is 2.27. The highest BCUT2D eigenvalue weighted by molar-refractivity contribution is 6.03. The molecule has 2 aliphatic heterocycles. The molecule has 0 bridgehead atoms. The number of amides is 1. The zero-order chi connectivity index (χ0) is 18.8. The summed E-state index contributed by atoms with van der Waals surface area (Å²) in [6.07, 6.45) is 2.56. The molecule has 4 rings (SSSR count). The van der Waals surface area contributed by atoms with E-state index in [0.29, 0.717) is 18.1 Å². The largest absolute Gasteiger partial charge is 0.467 e. The minimum atomic E-state index is -0.129. The van der Waals surface area contributed by atoms with E-state index in [9.17, 15) is 4.79 Å². The fourth-order valence-electron chi connectivity index (χ4n) is 3.69. The molecule has 8 heteroatoms. The van der Waals surface area contributed by atoms with Crippen LogP contribution >= 0.6 is 0 Å². The van der Waals surface area contributed by atoms with Crippen LogP contribution in [0.25, 0.3) is 0 Å². The van der Waals surface area contributed by atoms with Crippen LogP contribution < -0.4 is 20.7 Å². The number of benzene rings is 1. The Labute approximate surface area is 158 Å². The molecule has 0 unspecified atom stereocenters. The molecule has 142 valence electrons. The molecular weight excluding hydrogens is 344 g/mol. The number of rotatable bonds is 5. The molecule has 0 spiro atoms. The van der Waals surface area contributed by atoms with Crippen molar-refractivity contribution in [2.45, 2.75) is 25.9 Å². The molecule has 3 N–H and O–H groups in total. The van der Waals surface area contributed by atoms with Gasteiger partial charge >= 0.3 is 6.01 Å². The average molecular weight is 368 g/mol. The predicted molar refractivity (Wildman–Crippen MR) is 104 cm³/mol. The Morgan fingerprint density at radius 1 is 1.19 bits per heavy atom. The number of anilines is 3. The van der Waals surface area contributed by atoms with Gasteiger partial charge < -0.3 is 20.7 Å². The molecule has 27 heavy (non-hydrogen) atoms. The van der Waals surface area contributed by atoms with Crippen molar-refractivity contribution < 1.29 is 9.53 Å². The van der Waals surface area contributed by atoms with Crippen molar-refractivity contribution in [3.8, 4) is 6.01 Å². The topological polar surface area (TPSA) is 96.6 Å². The number of nitrogen functional groups attached to an aromatic ring is 1. The van der Waals surface area contributed by atoms with E-state index >= 15 is 0 Å².